The molecule has 0 saturated heterocycles. The van der Waals surface area contributed by atoms with E-state index in [4.69, 9.17) is 10.00 Å². The van der Waals surface area contributed by atoms with Gasteiger partial charge in [0, 0.05) is 5.56 Å². The first-order valence-corrected chi connectivity index (χ1v) is 5.69. The van der Waals surface area contributed by atoms with Crippen LogP contribution < -0.4 is 10.1 Å². The van der Waals surface area contributed by atoms with Gasteiger partial charge in [0.25, 0.3) is 5.91 Å². The van der Waals surface area contributed by atoms with Crippen molar-refractivity contribution in [3.8, 4) is 11.8 Å². The van der Waals surface area contributed by atoms with Gasteiger partial charge in [-0.05, 0) is 36.4 Å². The molecule has 0 heterocycles. The second-order valence-corrected chi connectivity index (χ2v) is 3.84. The number of nitrogens with zero attached hydrogens (tertiary/aromatic N) is 1. The highest BCUT2D eigenvalue weighted by atomic mass is 16.5. The standard InChI is InChI=1S/C15H12N2O2/c1-19-14-5-3-2-4-13(14)17-15(18)12-8-6-11(10-16)7-9-12/h2-9H,1H3,(H,17,18). The number of nitriles is 1. The van der Waals surface area contributed by atoms with E-state index in [2.05, 4.69) is 5.32 Å². The molecule has 2 rings (SSSR count). The summed E-state index contributed by atoms with van der Waals surface area (Å²) in [5.74, 6) is 0.360. The Morgan fingerprint density at radius 3 is 2.47 bits per heavy atom. The molecule has 4 nitrogen and oxygen atoms in total. The molecule has 2 aromatic rings. The van der Waals surface area contributed by atoms with Crippen molar-refractivity contribution < 1.29 is 9.53 Å². The maximum atomic E-state index is 12.0. The maximum absolute atomic E-state index is 12.0. The summed E-state index contributed by atoms with van der Waals surface area (Å²) >= 11 is 0. The Morgan fingerprint density at radius 1 is 1.16 bits per heavy atom. The zero-order valence-electron chi connectivity index (χ0n) is 10.4. The van der Waals surface area contributed by atoms with Gasteiger partial charge in [0.05, 0.1) is 24.4 Å². The predicted molar refractivity (Wildman–Crippen MR) is 72.1 cm³/mol. The summed E-state index contributed by atoms with van der Waals surface area (Å²) in [7, 11) is 1.55. The van der Waals surface area contributed by atoms with Gasteiger partial charge in [-0.1, -0.05) is 12.1 Å². The number of hydrogen-bond acceptors (Lipinski definition) is 3. The number of amides is 1. The van der Waals surface area contributed by atoms with Crippen molar-refractivity contribution >= 4 is 11.6 Å². The van der Waals surface area contributed by atoms with Gasteiger partial charge in [-0.15, -0.1) is 0 Å². The normalized spacial score (nSPS) is 9.47. The van der Waals surface area contributed by atoms with Crippen LogP contribution in [0.15, 0.2) is 48.5 Å². The summed E-state index contributed by atoms with van der Waals surface area (Å²) < 4.78 is 5.16. The highest BCUT2D eigenvalue weighted by Gasteiger charge is 2.08. The molecule has 0 radical (unpaired) electrons. The lowest BCUT2D eigenvalue weighted by molar-refractivity contribution is 0.102. The quantitative estimate of drug-likeness (QED) is 0.913. The number of hydrogen-bond donors (Lipinski definition) is 1. The van der Waals surface area contributed by atoms with Crippen LogP contribution in [0.1, 0.15) is 15.9 Å². The van der Waals surface area contributed by atoms with Crippen LogP contribution in [-0.4, -0.2) is 13.0 Å². The van der Waals surface area contributed by atoms with Gasteiger partial charge >= 0.3 is 0 Å². The van der Waals surface area contributed by atoms with Gasteiger partial charge in [0.1, 0.15) is 5.75 Å². The van der Waals surface area contributed by atoms with Crippen molar-refractivity contribution in [2.75, 3.05) is 12.4 Å². The van der Waals surface area contributed by atoms with E-state index in [0.717, 1.165) is 0 Å². The third-order valence-electron chi connectivity index (χ3n) is 2.63. The molecular weight excluding hydrogens is 240 g/mol. The van der Waals surface area contributed by atoms with Gasteiger partial charge in [0.15, 0.2) is 0 Å². The van der Waals surface area contributed by atoms with Crippen LogP contribution in [0.2, 0.25) is 0 Å². The van der Waals surface area contributed by atoms with Crippen molar-refractivity contribution in [1.29, 1.82) is 5.26 Å². The molecule has 0 aliphatic heterocycles. The summed E-state index contributed by atoms with van der Waals surface area (Å²) in [6.45, 7) is 0. The van der Waals surface area contributed by atoms with Crippen LogP contribution in [0.3, 0.4) is 0 Å². The lowest BCUT2D eigenvalue weighted by Crippen LogP contribution is -2.12. The van der Waals surface area contributed by atoms with Crippen LogP contribution in [0.5, 0.6) is 5.75 Å². The van der Waals surface area contributed by atoms with Gasteiger partial charge in [-0.3, -0.25) is 4.79 Å². The van der Waals surface area contributed by atoms with E-state index < -0.39 is 0 Å². The number of carbonyl (C=O) groups is 1. The van der Waals surface area contributed by atoms with Crippen LogP contribution in [-0.2, 0) is 0 Å². The van der Waals surface area contributed by atoms with E-state index >= 15 is 0 Å². The number of nitrogens with one attached hydrogen (secondary N) is 1. The number of benzene rings is 2. The van der Waals surface area contributed by atoms with E-state index in [1.165, 1.54) is 0 Å². The molecule has 4 heteroatoms. The molecule has 0 aliphatic carbocycles. The summed E-state index contributed by atoms with van der Waals surface area (Å²) in [5.41, 5.74) is 1.62. The van der Waals surface area contributed by atoms with E-state index in [0.29, 0.717) is 22.6 Å². The zero-order valence-corrected chi connectivity index (χ0v) is 10.4. The van der Waals surface area contributed by atoms with Crippen LogP contribution in [0, 0.1) is 11.3 Å². The molecule has 0 atom stereocenters. The fourth-order valence-electron chi connectivity index (χ4n) is 1.64. The second-order valence-electron chi connectivity index (χ2n) is 3.84. The molecule has 1 amide bonds. The van der Waals surface area contributed by atoms with E-state index in [1.807, 2.05) is 18.2 Å². The van der Waals surface area contributed by atoms with Gasteiger partial charge < -0.3 is 10.1 Å². The molecule has 1 N–H and O–H groups in total. The molecule has 0 spiro atoms. The summed E-state index contributed by atoms with van der Waals surface area (Å²) in [4.78, 5) is 12.0. The number of methoxy groups -OCH3 is 1. The Balaban J connectivity index is 2.18. The monoisotopic (exact) mass is 252 g/mol. The minimum Gasteiger partial charge on any atom is -0.495 e. The number of rotatable bonds is 3. The largest absolute Gasteiger partial charge is 0.495 e. The zero-order chi connectivity index (χ0) is 13.7. The fourth-order valence-corrected chi connectivity index (χ4v) is 1.64. The highest BCUT2D eigenvalue weighted by Crippen LogP contribution is 2.23. The molecule has 0 aliphatic rings. The van der Waals surface area contributed by atoms with Crippen molar-refractivity contribution in [2.24, 2.45) is 0 Å². The Labute approximate surface area is 111 Å². The SMILES string of the molecule is COc1ccccc1NC(=O)c1ccc(C#N)cc1. The summed E-state index contributed by atoms with van der Waals surface area (Å²) in [5, 5.41) is 11.5. The minimum absolute atomic E-state index is 0.242. The smallest absolute Gasteiger partial charge is 0.255 e. The van der Waals surface area contributed by atoms with Crippen molar-refractivity contribution in [3.05, 3.63) is 59.7 Å². The number of anilines is 1. The molecule has 0 fully saturated rings. The van der Waals surface area contributed by atoms with Crippen molar-refractivity contribution in [3.63, 3.8) is 0 Å². The molecule has 0 unspecified atom stereocenters. The molecular formula is C15H12N2O2. The molecule has 2 aromatic carbocycles. The van der Waals surface area contributed by atoms with Gasteiger partial charge in [0.2, 0.25) is 0 Å². The number of carbonyl (C=O) groups excluding carboxylic acids is 1. The molecule has 0 aromatic heterocycles. The number of ether oxygens (including phenoxy) is 1. The molecule has 19 heavy (non-hydrogen) atoms. The van der Waals surface area contributed by atoms with Crippen molar-refractivity contribution in [1.82, 2.24) is 0 Å². The lowest BCUT2D eigenvalue weighted by Gasteiger charge is -2.09. The lowest BCUT2D eigenvalue weighted by atomic mass is 10.1. The molecule has 0 bridgehead atoms. The maximum Gasteiger partial charge on any atom is 0.255 e. The second kappa shape index (κ2) is 5.69. The van der Waals surface area contributed by atoms with Crippen molar-refractivity contribution in [2.45, 2.75) is 0 Å². The Hall–Kier alpha value is -2.80. The highest BCUT2D eigenvalue weighted by molar-refractivity contribution is 6.05. The minimum atomic E-state index is -0.242. The van der Waals surface area contributed by atoms with Crippen LogP contribution >= 0.6 is 0 Å². The summed E-state index contributed by atoms with van der Waals surface area (Å²) in [6, 6.07) is 15.6. The third kappa shape index (κ3) is 2.90. The average molecular weight is 252 g/mol. The molecule has 0 saturated carbocycles. The third-order valence-corrected chi connectivity index (χ3v) is 2.63. The first kappa shape index (κ1) is 12.7. The van der Waals surface area contributed by atoms with Gasteiger partial charge in [-0.25, -0.2) is 0 Å². The summed E-state index contributed by atoms with van der Waals surface area (Å²) in [6.07, 6.45) is 0. The van der Waals surface area contributed by atoms with E-state index in [-0.39, 0.29) is 5.91 Å². The Morgan fingerprint density at radius 2 is 1.84 bits per heavy atom. The van der Waals surface area contributed by atoms with E-state index in [1.54, 1.807) is 43.5 Å². The average Bonchev–Trinajstić information content (AvgIpc) is 2.48. The van der Waals surface area contributed by atoms with E-state index in [9.17, 15) is 4.79 Å². The van der Waals surface area contributed by atoms with Crippen LogP contribution in [0.25, 0.3) is 0 Å². The Kier molecular flexibility index (Phi) is 3.79. The Bertz CT molecular complexity index is 627. The van der Waals surface area contributed by atoms with Gasteiger partial charge in [-0.2, -0.15) is 5.26 Å². The first-order valence-electron chi connectivity index (χ1n) is 5.69. The number of para-hydroxylation sites is 2. The van der Waals surface area contributed by atoms with Crippen LogP contribution in [0.4, 0.5) is 5.69 Å². The fraction of sp³-hybridized carbons (Fsp3) is 0.0667. The topological polar surface area (TPSA) is 62.1 Å². The molecule has 94 valence electrons. The first-order chi connectivity index (χ1) is 9.24. The predicted octanol–water partition coefficient (Wildman–Crippen LogP) is 2.82.